The van der Waals surface area contributed by atoms with Crippen molar-refractivity contribution in [1.29, 1.82) is 0 Å². The summed E-state index contributed by atoms with van der Waals surface area (Å²) >= 11 is -0.289. The zero-order valence-electron chi connectivity index (χ0n) is 19.5. The molecule has 0 aliphatic carbocycles. The van der Waals surface area contributed by atoms with Crippen LogP contribution in [0.15, 0.2) is 78.4 Å². The molecule has 0 nitrogen and oxygen atoms in total. The van der Waals surface area contributed by atoms with Gasteiger partial charge < -0.3 is 0 Å². The maximum atomic E-state index is 2.74. The van der Waals surface area contributed by atoms with E-state index in [1.54, 1.807) is 0 Å². The summed E-state index contributed by atoms with van der Waals surface area (Å²) in [6.07, 6.45) is 2.26. The maximum Gasteiger partial charge on any atom is -0.0238 e. The van der Waals surface area contributed by atoms with Crippen molar-refractivity contribution in [2.45, 2.75) is 56.0 Å². The first-order valence-electron chi connectivity index (χ1n) is 10.8. The third-order valence-electron chi connectivity index (χ3n) is 6.22. The van der Waals surface area contributed by atoms with Crippen LogP contribution in [0.4, 0.5) is 0 Å². The second-order valence-electron chi connectivity index (χ2n) is 8.56. The summed E-state index contributed by atoms with van der Waals surface area (Å²) in [5, 5.41) is 0. The van der Waals surface area contributed by atoms with Gasteiger partial charge in [-0.3, -0.25) is 0 Å². The molecule has 2 aromatic rings. The van der Waals surface area contributed by atoms with Crippen molar-refractivity contribution in [3.05, 3.63) is 89.5 Å². The Hall–Kier alpha value is 2.34. The molecule has 0 aromatic heterocycles. The monoisotopic (exact) mass is 1270 g/mol. The molecule has 0 amide bonds. The molecule has 31 heavy (non-hydrogen) atoms. The van der Waals surface area contributed by atoms with E-state index < -0.39 is 0 Å². The van der Waals surface area contributed by atoms with E-state index >= 15 is 0 Å². The Kier molecular flexibility index (Phi) is 11.7. The van der Waals surface area contributed by atoms with Crippen molar-refractivity contribution in [1.82, 2.24) is 0 Å². The Bertz CT molecular complexity index is 940. The van der Waals surface area contributed by atoms with Gasteiger partial charge in [0, 0.05) is 0 Å². The summed E-state index contributed by atoms with van der Waals surface area (Å²) in [5.74, 6) is 0. The van der Waals surface area contributed by atoms with Gasteiger partial charge in [0.05, 0.1) is 0 Å². The largest absolute Gasteiger partial charge is 0.0622 e. The predicted octanol–water partition coefficient (Wildman–Crippen LogP) is 6.07. The van der Waals surface area contributed by atoms with E-state index in [9.17, 15) is 0 Å². The summed E-state index contributed by atoms with van der Waals surface area (Å²) in [6.45, 7) is 15.6. The average molecular weight is 1270 g/mol. The third kappa shape index (κ3) is 7.91. The summed E-state index contributed by atoms with van der Waals surface area (Å²) in [6, 6.07) is 21.2. The van der Waals surface area contributed by atoms with E-state index in [-0.39, 0.29) is 94.3 Å². The van der Waals surface area contributed by atoms with Crippen LogP contribution in [0.2, 0.25) is 1.66 Å². The van der Waals surface area contributed by atoms with Crippen molar-refractivity contribution in [2.75, 3.05) is 0 Å². The first-order chi connectivity index (χ1) is 14.7. The van der Waals surface area contributed by atoms with E-state index in [4.69, 9.17) is 0 Å². The molecule has 0 fully saturated rings. The zero-order chi connectivity index (χ0) is 22.5. The second kappa shape index (κ2) is 13.0. The Balaban J connectivity index is 0.000000179. The minimum atomic E-state index is -0.178. The van der Waals surface area contributed by atoms with Crippen LogP contribution in [-0.2, 0) is 36.1 Å². The van der Waals surface area contributed by atoms with Gasteiger partial charge in [0.2, 0.25) is 0 Å². The van der Waals surface area contributed by atoms with Crippen LogP contribution >= 0.6 is 0 Å². The normalized spacial score (nSPS) is 24.5. The minimum absolute atomic E-state index is 0.0266. The maximum absolute atomic E-state index is 2.74. The Labute approximate surface area is 235 Å². The summed E-state index contributed by atoms with van der Waals surface area (Å²) in [5.41, 5.74) is 6.75. The fourth-order valence-electron chi connectivity index (χ4n) is 3.64. The smallest absolute Gasteiger partial charge is 0.0238 e. The molecule has 0 spiro atoms. The SMILES string of the molecule is C[C]1=C(C)[C](C)([Zr][C]2(C)[Bi]=[Bi][C](C)=C2C)[Bi]=[Bi]1.c1ccc(CCc2ccccc2)cc1. The summed E-state index contributed by atoms with van der Waals surface area (Å²) in [7, 11) is 0. The number of hydrogen-bond acceptors (Lipinski definition) is 0. The zero-order valence-corrected chi connectivity index (χ0v) is 35.8. The van der Waals surface area contributed by atoms with Gasteiger partial charge in [-0.05, 0) is 24.0 Å². The average Bonchev–Trinajstić information content (AvgIpc) is 3.18. The van der Waals surface area contributed by atoms with Gasteiger partial charge in [-0.15, -0.1) is 0 Å². The number of benzene rings is 2. The Morgan fingerprint density at radius 2 is 0.968 bits per heavy atom. The number of allylic oxidation sites excluding steroid dienone is 4. The summed E-state index contributed by atoms with van der Waals surface area (Å²) < 4.78 is 5.90. The fraction of sp³-hybridized carbons (Fsp3) is 0.385. The summed E-state index contributed by atoms with van der Waals surface area (Å²) in [4.78, 5) is 0. The first kappa shape index (κ1) is 27.9. The van der Waals surface area contributed by atoms with Gasteiger partial charge in [-0.25, -0.2) is 0 Å². The van der Waals surface area contributed by atoms with Crippen molar-refractivity contribution in [2.24, 2.45) is 0 Å². The minimum Gasteiger partial charge on any atom is -0.0622 e. The molecule has 5 heteroatoms. The van der Waals surface area contributed by atoms with Crippen LogP contribution in [0.3, 0.4) is 0 Å². The molecule has 4 rings (SSSR count). The van der Waals surface area contributed by atoms with Gasteiger partial charge in [0.25, 0.3) is 0 Å². The van der Waals surface area contributed by atoms with Gasteiger partial charge >= 0.3 is 155 Å². The topological polar surface area (TPSA) is 0 Å². The Morgan fingerprint density at radius 1 is 0.613 bits per heavy atom. The molecule has 0 saturated heterocycles. The van der Waals surface area contributed by atoms with Gasteiger partial charge in [0.1, 0.15) is 0 Å². The number of hydrogen-bond donors (Lipinski definition) is 0. The third-order valence-corrected chi connectivity index (χ3v) is 119. The molecule has 2 aromatic carbocycles. The molecule has 0 bridgehead atoms. The van der Waals surface area contributed by atoms with Crippen LogP contribution in [0.5, 0.6) is 0 Å². The van der Waals surface area contributed by atoms with Crippen LogP contribution < -0.4 is 0 Å². The van der Waals surface area contributed by atoms with E-state index in [0.29, 0.717) is 0 Å². The molecular weight excluding hydrogens is 1240 g/mol. The molecule has 2 aliphatic heterocycles. The van der Waals surface area contributed by atoms with Gasteiger partial charge in [-0.1, -0.05) is 60.7 Å². The molecule has 2 unspecified atom stereocenters. The second-order valence-corrected chi connectivity index (χ2v) is 65.1. The van der Waals surface area contributed by atoms with Gasteiger partial charge in [0.15, 0.2) is 0 Å². The van der Waals surface area contributed by atoms with Crippen LogP contribution in [-0.4, -0.2) is 71.1 Å². The molecule has 160 valence electrons. The van der Waals surface area contributed by atoms with Gasteiger partial charge in [-0.2, -0.15) is 0 Å². The number of rotatable bonds is 5. The number of aryl methyl sites for hydroxylation is 2. The standard InChI is InChI=1S/C14H14.2C6H9.4Bi.Zr/c1-3-7-13(8-4-1)11-12-14-9-5-2-6-10-14;2*1-4-6(3)5-2;;;;;/h1-10H,11-12H2;2*1-3H3;;;;;. The van der Waals surface area contributed by atoms with E-state index in [1.807, 2.05) is 17.7 Å². The predicted molar refractivity (Wildman–Crippen MR) is 137 cm³/mol. The van der Waals surface area contributed by atoms with Crippen LogP contribution in [0.25, 0.3) is 0 Å². The quantitative estimate of drug-likeness (QED) is 0.320. The molecular formula is C26H32Bi4Zr. The van der Waals surface area contributed by atoms with Crippen molar-refractivity contribution in [3.63, 3.8) is 0 Å². The van der Waals surface area contributed by atoms with Crippen LogP contribution in [0, 0.1) is 0 Å². The Morgan fingerprint density at radius 3 is 1.26 bits per heavy atom. The van der Waals surface area contributed by atoms with E-state index in [2.05, 4.69) is 102 Å². The first-order valence-corrected chi connectivity index (χ1v) is 50.6. The van der Waals surface area contributed by atoms with E-state index in [0.717, 1.165) is 14.5 Å². The molecule has 2 heterocycles. The molecule has 2 aliphatic rings. The van der Waals surface area contributed by atoms with E-state index in [1.165, 1.54) is 11.1 Å². The molecule has 0 saturated carbocycles. The molecule has 0 N–H and O–H groups in total. The molecule has 0 radical (unpaired) electrons. The fourth-order valence-corrected chi connectivity index (χ4v) is 126. The van der Waals surface area contributed by atoms with Crippen molar-refractivity contribution < 1.29 is 23.2 Å². The van der Waals surface area contributed by atoms with Crippen LogP contribution in [0.1, 0.15) is 52.7 Å². The molecule has 2 atom stereocenters. The van der Waals surface area contributed by atoms with Crippen molar-refractivity contribution >= 4 is 71.1 Å². The van der Waals surface area contributed by atoms with Crippen molar-refractivity contribution in [3.8, 4) is 0 Å².